The summed E-state index contributed by atoms with van der Waals surface area (Å²) in [6.07, 6.45) is 0. The quantitative estimate of drug-likeness (QED) is 0.528. The van der Waals surface area contributed by atoms with Crippen LogP contribution in [0.15, 0.2) is 24.3 Å². The number of quaternary nitrogens is 1. The maximum Gasteiger partial charge on any atom is 0.221 e. The van der Waals surface area contributed by atoms with Gasteiger partial charge in [0.15, 0.2) is 0 Å². The van der Waals surface area contributed by atoms with E-state index < -0.39 is 0 Å². The lowest BCUT2D eigenvalue weighted by Gasteiger charge is -2.42. The lowest BCUT2D eigenvalue weighted by atomic mass is 10.2. The third-order valence-corrected chi connectivity index (χ3v) is 4.14. The molecule has 0 saturated carbocycles. The largest absolute Gasteiger partial charge is 1.00 e. The molecule has 1 aromatic rings. The van der Waals surface area contributed by atoms with E-state index in [-0.39, 0.29) is 29.9 Å². The van der Waals surface area contributed by atoms with Crippen molar-refractivity contribution in [2.75, 3.05) is 50.0 Å². The van der Waals surface area contributed by atoms with E-state index in [1.165, 1.54) is 36.7 Å². The monoisotopic (exact) mass is 389 g/mol. The van der Waals surface area contributed by atoms with Gasteiger partial charge in [-0.3, -0.25) is 4.79 Å². The Bertz CT molecular complexity index is 439. The van der Waals surface area contributed by atoms with Crippen molar-refractivity contribution in [1.82, 2.24) is 0 Å². The van der Waals surface area contributed by atoms with E-state index >= 15 is 0 Å². The summed E-state index contributed by atoms with van der Waals surface area (Å²) in [6.45, 7) is 9.59. The van der Waals surface area contributed by atoms with Crippen LogP contribution in [0.25, 0.3) is 0 Å². The average molecular weight is 389 g/mol. The zero-order valence-electron chi connectivity index (χ0n) is 12.5. The van der Waals surface area contributed by atoms with Gasteiger partial charge < -0.3 is 38.7 Å². The molecule has 0 spiro atoms. The van der Waals surface area contributed by atoms with E-state index in [2.05, 4.69) is 36.3 Å². The second-order valence-corrected chi connectivity index (χ2v) is 5.60. The fourth-order valence-corrected chi connectivity index (χ4v) is 2.48. The predicted molar refractivity (Wildman–Crippen MR) is 79.4 cm³/mol. The fraction of sp³-hybridized carbons (Fsp3) is 0.533. The number of nitrogens with one attached hydrogen (secondary N) is 1. The van der Waals surface area contributed by atoms with E-state index in [1.54, 1.807) is 0 Å². The van der Waals surface area contributed by atoms with Crippen molar-refractivity contribution >= 4 is 17.3 Å². The zero-order valence-corrected chi connectivity index (χ0v) is 14.7. The number of piperazine rings is 1. The summed E-state index contributed by atoms with van der Waals surface area (Å²) in [7, 11) is 2.33. The highest BCUT2D eigenvalue weighted by Crippen LogP contribution is 2.21. The number of hydrogen-bond acceptors (Lipinski definition) is 2. The Kier molecular flexibility index (Phi) is 6.26. The molecule has 1 heterocycles. The van der Waals surface area contributed by atoms with Crippen LogP contribution in [0.2, 0.25) is 0 Å². The van der Waals surface area contributed by atoms with Gasteiger partial charge in [-0.2, -0.15) is 0 Å². The van der Waals surface area contributed by atoms with E-state index in [0.29, 0.717) is 0 Å². The summed E-state index contributed by atoms with van der Waals surface area (Å²) < 4.78 is 1.17. The summed E-state index contributed by atoms with van der Waals surface area (Å²) in [6, 6.07) is 8.12. The first-order chi connectivity index (χ1) is 9.02. The molecule has 0 atom stereocenters. The summed E-state index contributed by atoms with van der Waals surface area (Å²) in [5, 5.41) is 2.80. The Morgan fingerprint density at radius 1 is 1.25 bits per heavy atom. The Labute approximate surface area is 138 Å². The fourth-order valence-electron chi connectivity index (χ4n) is 2.48. The third kappa shape index (κ3) is 4.34. The van der Waals surface area contributed by atoms with Gasteiger partial charge in [0.1, 0.15) is 0 Å². The molecule has 0 aliphatic carbocycles. The number of likely N-dealkylation sites (N-methyl/N-ethyl adjacent to an activating group) is 1. The maximum atomic E-state index is 11.0. The molecule has 0 unspecified atom stereocenters. The number of anilines is 2. The van der Waals surface area contributed by atoms with Crippen LogP contribution in [0.1, 0.15) is 13.8 Å². The Balaban J connectivity index is 0.00000200. The van der Waals surface area contributed by atoms with Crippen LogP contribution in [0.4, 0.5) is 11.4 Å². The highest BCUT2D eigenvalue weighted by Gasteiger charge is 2.26. The van der Waals surface area contributed by atoms with Crippen LogP contribution >= 0.6 is 0 Å². The normalized spacial score (nSPS) is 17.2. The van der Waals surface area contributed by atoms with Gasteiger partial charge in [0.05, 0.1) is 39.8 Å². The van der Waals surface area contributed by atoms with Gasteiger partial charge in [-0.15, -0.1) is 0 Å². The lowest BCUT2D eigenvalue weighted by molar-refractivity contribution is -0.908. The maximum absolute atomic E-state index is 11.0. The summed E-state index contributed by atoms with van der Waals surface area (Å²) in [4.78, 5) is 13.4. The van der Waals surface area contributed by atoms with Gasteiger partial charge in [0, 0.05) is 18.3 Å². The van der Waals surface area contributed by atoms with Crippen molar-refractivity contribution in [3.63, 3.8) is 0 Å². The number of hydrogen-bond donors (Lipinski definition) is 1. The molecule has 1 N–H and O–H groups in total. The highest BCUT2D eigenvalue weighted by atomic mass is 127. The summed E-state index contributed by atoms with van der Waals surface area (Å²) in [5.74, 6) is -0.0262. The first kappa shape index (κ1) is 17.2. The Morgan fingerprint density at radius 3 is 2.25 bits per heavy atom. The minimum atomic E-state index is -0.0262. The summed E-state index contributed by atoms with van der Waals surface area (Å²) >= 11 is 0. The zero-order chi connectivity index (χ0) is 13.9. The van der Waals surface area contributed by atoms with E-state index in [4.69, 9.17) is 0 Å². The molecule has 2 rings (SSSR count). The number of benzene rings is 1. The molecule has 1 amide bonds. The van der Waals surface area contributed by atoms with Crippen molar-refractivity contribution in [3.05, 3.63) is 24.3 Å². The van der Waals surface area contributed by atoms with Crippen LogP contribution in [0, 0.1) is 0 Å². The number of rotatable bonds is 3. The first-order valence-electron chi connectivity index (χ1n) is 6.98. The topological polar surface area (TPSA) is 32.3 Å². The smallest absolute Gasteiger partial charge is 0.221 e. The Hall–Kier alpha value is -0.820. The van der Waals surface area contributed by atoms with Crippen LogP contribution in [-0.4, -0.2) is 50.2 Å². The number of amides is 1. The molecule has 5 heteroatoms. The molecule has 1 saturated heterocycles. The lowest BCUT2D eigenvalue weighted by Crippen LogP contribution is -3.00. The second kappa shape index (κ2) is 7.26. The average Bonchev–Trinajstić information content (AvgIpc) is 2.40. The standard InChI is InChI=1S/C15H23N3O.HI/c1-4-18(3)11-9-17(10-12-18)15-7-5-14(6-8-15)16-13(2)19;/h5-8H,4,9-12H2,1-3H3;1H. The third-order valence-electron chi connectivity index (χ3n) is 4.14. The minimum absolute atomic E-state index is 0. The van der Waals surface area contributed by atoms with Gasteiger partial charge in [-0.05, 0) is 31.2 Å². The molecular formula is C15H24IN3O. The van der Waals surface area contributed by atoms with Crippen LogP contribution in [0.3, 0.4) is 0 Å². The molecule has 1 aliphatic rings. The van der Waals surface area contributed by atoms with E-state index in [1.807, 2.05) is 12.1 Å². The molecule has 112 valence electrons. The number of nitrogens with zero attached hydrogens (tertiary/aromatic N) is 2. The molecule has 1 aromatic carbocycles. The van der Waals surface area contributed by atoms with Gasteiger partial charge in [-0.25, -0.2) is 0 Å². The molecule has 1 aliphatic heterocycles. The van der Waals surface area contributed by atoms with E-state index in [0.717, 1.165) is 18.8 Å². The number of carbonyl (C=O) groups excluding carboxylic acids is 1. The summed E-state index contributed by atoms with van der Waals surface area (Å²) in [5.41, 5.74) is 2.11. The first-order valence-corrected chi connectivity index (χ1v) is 6.98. The molecule has 0 aromatic heterocycles. The molecule has 0 radical (unpaired) electrons. The van der Waals surface area contributed by atoms with Gasteiger partial charge in [-0.1, -0.05) is 0 Å². The van der Waals surface area contributed by atoms with Crippen molar-refractivity contribution in [3.8, 4) is 0 Å². The molecule has 0 bridgehead atoms. The SMILES string of the molecule is CC[N+]1(C)CCN(c2ccc(NC(C)=O)cc2)CC1.[I-]. The predicted octanol–water partition coefficient (Wildman–Crippen LogP) is -1.06. The Morgan fingerprint density at radius 2 is 1.80 bits per heavy atom. The van der Waals surface area contributed by atoms with E-state index in [9.17, 15) is 4.79 Å². The van der Waals surface area contributed by atoms with Crippen molar-refractivity contribution in [1.29, 1.82) is 0 Å². The van der Waals surface area contributed by atoms with Crippen LogP contribution in [0.5, 0.6) is 0 Å². The van der Waals surface area contributed by atoms with Crippen molar-refractivity contribution < 1.29 is 33.3 Å². The van der Waals surface area contributed by atoms with Gasteiger partial charge >= 0.3 is 0 Å². The second-order valence-electron chi connectivity index (χ2n) is 5.60. The molecule has 20 heavy (non-hydrogen) atoms. The van der Waals surface area contributed by atoms with Gasteiger partial charge in [0.2, 0.25) is 5.91 Å². The van der Waals surface area contributed by atoms with Crippen LogP contribution in [-0.2, 0) is 4.79 Å². The van der Waals surface area contributed by atoms with Crippen molar-refractivity contribution in [2.45, 2.75) is 13.8 Å². The van der Waals surface area contributed by atoms with Crippen LogP contribution < -0.4 is 34.2 Å². The molecular weight excluding hydrogens is 365 g/mol. The number of carbonyl (C=O) groups is 1. The van der Waals surface area contributed by atoms with Gasteiger partial charge in [0.25, 0.3) is 0 Å². The molecule has 4 nitrogen and oxygen atoms in total. The minimum Gasteiger partial charge on any atom is -1.00 e. The van der Waals surface area contributed by atoms with Crippen molar-refractivity contribution in [2.24, 2.45) is 0 Å². The molecule has 1 fully saturated rings. The number of halogens is 1. The highest BCUT2D eigenvalue weighted by molar-refractivity contribution is 5.88.